The number of aryl methyl sites for hydroxylation is 1. The van der Waals surface area contributed by atoms with Gasteiger partial charge in [-0.3, -0.25) is 0 Å². The second kappa shape index (κ2) is 11.9. The van der Waals surface area contributed by atoms with Gasteiger partial charge in [-0.15, -0.1) is 0 Å². The number of halogens is 4. The average molecular weight is 474 g/mol. The van der Waals surface area contributed by atoms with Crippen molar-refractivity contribution < 1.29 is 4.39 Å². The van der Waals surface area contributed by atoms with E-state index >= 15 is 0 Å². The first-order valence-corrected chi connectivity index (χ1v) is 11.1. The molecule has 31 heavy (non-hydrogen) atoms. The maximum absolute atomic E-state index is 13.4. The minimum atomic E-state index is -0.119. The van der Waals surface area contributed by atoms with Gasteiger partial charge in [0.15, 0.2) is 7.28 Å². The van der Waals surface area contributed by atoms with E-state index in [0.717, 1.165) is 47.5 Å². The molecule has 0 amide bonds. The number of benzene rings is 3. The van der Waals surface area contributed by atoms with Crippen LogP contribution in [0.1, 0.15) is 17.0 Å². The Bertz CT molecular complexity index is 1060. The van der Waals surface area contributed by atoms with Crippen molar-refractivity contribution in [1.82, 2.24) is 9.97 Å². The lowest BCUT2D eigenvalue weighted by atomic mass is 9.66. The van der Waals surface area contributed by atoms with E-state index in [4.69, 9.17) is 34.8 Å². The summed E-state index contributed by atoms with van der Waals surface area (Å²) in [7, 11) is 0.883. The van der Waals surface area contributed by atoms with Crippen LogP contribution in [0.15, 0.2) is 79.1 Å². The van der Waals surface area contributed by atoms with Gasteiger partial charge in [-0.2, -0.15) is 0 Å². The number of nitrogens with one attached hydrogen (secondary N) is 1. The molecule has 4 rings (SSSR count). The van der Waals surface area contributed by atoms with Crippen LogP contribution >= 0.6 is 34.8 Å². The molecule has 158 valence electrons. The van der Waals surface area contributed by atoms with Crippen molar-refractivity contribution in [2.45, 2.75) is 19.2 Å². The first-order valence-electron chi connectivity index (χ1n) is 9.92. The molecule has 0 radical (unpaired) electrons. The molecule has 0 spiro atoms. The molecular formula is C24H21BCl3FN2. The number of imidazole rings is 1. The highest BCUT2D eigenvalue weighted by molar-refractivity contribution is 6.58. The summed E-state index contributed by atoms with van der Waals surface area (Å²) in [5, 5.41) is 2.12. The highest BCUT2D eigenvalue weighted by Gasteiger charge is 2.05. The van der Waals surface area contributed by atoms with Crippen molar-refractivity contribution in [3.8, 4) is 0 Å². The van der Waals surface area contributed by atoms with Gasteiger partial charge in [0, 0.05) is 33.9 Å². The maximum atomic E-state index is 13.4. The third kappa shape index (κ3) is 7.43. The summed E-state index contributed by atoms with van der Waals surface area (Å²) in [6.45, 7) is 0. The van der Waals surface area contributed by atoms with Gasteiger partial charge in [-0.05, 0) is 41.8 Å². The van der Waals surface area contributed by atoms with Crippen molar-refractivity contribution in [3.63, 3.8) is 0 Å². The monoisotopic (exact) mass is 472 g/mol. The van der Waals surface area contributed by atoms with Crippen LogP contribution in [0.2, 0.25) is 21.4 Å². The number of aromatic nitrogens is 2. The number of hydrogen-bond acceptors (Lipinski definition) is 1. The number of H-pyrrole nitrogens is 1. The van der Waals surface area contributed by atoms with Crippen molar-refractivity contribution in [1.29, 1.82) is 0 Å². The SMILES string of the molecule is Clc1ccc(Cc2ncc[nH]2)c(Cl)c1.Fc1ccccc1CCBc1ccccc1Cl. The van der Waals surface area contributed by atoms with Crippen LogP contribution in [-0.4, -0.2) is 17.2 Å². The van der Waals surface area contributed by atoms with E-state index in [1.54, 1.807) is 24.5 Å². The molecule has 0 saturated heterocycles. The van der Waals surface area contributed by atoms with Crippen LogP contribution in [0.5, 0.6) is 0 Å². The molecule has 7 heteroatoms. The molecule has 0 aliphatic carbocycles. The topological polar surface area (TPSA) is 28.7 Å². The molecule has 4 aromatic rings. The predicted octanol–water partition coefficient (Wildman–Crippen LogP) is 6.51. The molecule has 2 nitrogen and oxygen atoms in total. The van der Waals surface area contributed by atoms with Crippen molar-refractivity contribution in [2.75, 3.05) is 0 Å². The largest absolute Gasteiger partial charge is 0.348 e. The smallest absolute Gasteiger partial charge is 0.160 e. The van der Waals surface area contributed by atoms with Gasteiger partial charge in [-0.25, -0.2) is 9.37 Å². The summed E-state index contributed by atoms with van der Waals surface area (Å²) >= 11 is 17.9. The first kappa shape index (κ1) is 23.4. The van der Waals surface area contributed by atoms with Crippen LogP contribution in [0.4, 0.5) is 4.39 Å². The third-order valence-corrected chi connectivity index (χ3v) is 5.69. The Labute approximate surface area is 197 Å². The highest BCUT2D eigenvalue weighted by Crippen LogP contribution is 2.22. The van der Waals surface area contributed by atoms with Gasteiger partial charge in [-0.1, -0.05) is 89.1 Å². The zero-order valence-electron chi connectivity index (χ0n) is 16.8. The van der Waals surface area contributed by atoms with E-state index in [1.807, 2.05) is 48.5 Å². The summed E-state index contributed by atoms with van der Waals surface area (Å²) in [4.78, 5) is 7.15. The van der Waals surface area contributed by atoms with E-state index in [9.17, 15) is 4.39 Å². The van der Waals surface area contributed by atoms with Gasteiger partial charge >= 0.3 is 0 Å². The number of rotatable bonds is 6. The average Bonchev–Trinajstić information content (AvgIpc) is 3.27. The standard InChI is InChI=1S/C14H13BClF.C10H8Cl2N2/c16-13-7-3-2-6-12(13)15-10-9-11-5-1-4-8-14(11)17;11-8-2-1-7(9(12)6-8)5-10-13-3-4-14-10/h1-8,15H,9-10H2;1-4,6H,5H2,(H,13,14). The van der Waals surface area contributed by atoms with Crippen molar-refractivity contribution in [2.24, 2.45) is 0 Å². The van der Waals surface area contributed by atoms with E-state index in [-0.39, 0.29) is 5.82 Å². The molecule has 0 aliphatic rings. The number of nitrogens with zero attached hydrogens (tertiary/aromatic N) is 1. The first-order chi connectivity index (χ1) is 15.0. The van der Waals surface area contributed by atoms with Crippen LogP contribution < -0.4 is 5.46 Å². The van der Waals surface area contributed by atoms with Crippen LogP contribution in [0, 0.1) is 5.82 Å². The molecule has 1 aromatic heterocycles. The zero-order chi connectivity index (χ0) is 22.1. The van der Waals surface area contributed by atoms with Gasteiger partial charge < -0.3 is 4.98 Å². The highest BCUT2D eigenvalue weighted by atomic mass is 35.5. The fraction of sp³-hybridized carbons (Fsp3) is 0.125. The van der Waals surface area contributed by atoms with Crippen LogP contribution in [0.25, 0.3) is 0 Å². The Hall–Kier alpha value is -2.27. The lowest BCUT2D eigenvalue weighted by molar-refractivity contribution is 0.612. The molecule has 0 saturated carbocycles. The normalized spacial score (nSPS) is 10.3. The maximum Gasteiger partial charge on any atom is 0.160 e. The molecule has 0 fully saturated rings. The Kier molecular flexibility index (Phi) is 9.02. The second-order valence-electron chi connectivity index (χ2n) is 6.98. The second-order valence-corrected chi connectivity index (χ2v) is 8.24. The summed E-state index contributed by atoms with van der Waals surface area (Å²) in [6, 6.07) is 20.2. The Morgan fingerprint density at radius 1 is 0.871 bits per heavy atom. The van der Waals surface area contributed by atoms with Gasteiger partial charge in [0.2, 0.25) is 0 Å². The fourth-order valence-electron chi connectivity index (χ4n) is 3.11. The van der Waals surface area contributed by atoms with Gasteiger partial charge in [0.1, 0.15) is 11.6 Å². The van der Waals surface area contributed by atoms with Crippen molar-refractivity contribution >= 4 is 47.5 Å². The fourth-order valence-corrected chi connectivity index (χ4v) is 3.82. The quantitative estimate of drug-likeness (QED) is 0.318. The molecule has 0 unspecified atom stereocenters. The Morgan fingerprint density at radius 2 is 1.65 bits per heavy atom. The van der Waals surface area contributed by atoms with E-state index in [1.165, 1.54) is 6.07 Å². The van der Waals surface area contributed by atoms with E-state index in [2.05, 4.69) is 9.97 Å². The van der Waals surface area contributed by atoms with Crippen molar-refractivity contribution in [3.05, 3.63) is 117 Å². The summed E-state index contributed by atoms with van der Waals surface area (Å²) < 4.78 is 13.4. The lowest BCUT2D eigenvalue weighted by Crippen LogP contribution is -2.15. The lowest BCUT2D eigenvalue weighted by Gasteiger charge is -2.03. The number of hydrogen-bond donors (Lipinski definition) is 1. The van der Waals surface area contributed by atoms with Crippen LogP contribution in [-0.2, 0) is 12.8 Å². The predicted molar refractivity (Wildman–Crippen MR) is 131 cm³/mol. The van der Waals surface area contributed by atoms with Gasteiger partial charge in [0.05, 0.1) is 0 Å². The minimum Gasteiger partial charge on any atom is -0.348 e. The Morgan fingerprint density at radius 3 is 2.35 bits per heavy atom. The minimum absolute atomic E-state index is 0.119. The van der Waals surface area contributed by atoms with E-state index < -0.39 is 0 Å². The summed E-state index contributed by atoms with van der Waals surface area (Å²) in [5.74, 6) is 0.779. The molecule has 0 atom stereocenters. The summed E-state index contributed by atoms with van der Waals surface area (Å²) in [6.07, 6.45) is 5.86. The molecule has 3 aromatic carbocycles. The Balaban J connectivity index is 0.000000179. The number of aromatic amines is 1. The third-order valence-electron chi connectivity index (χ3n) is 4.74. The molecule has 1 N–H and O–H groups in total. The zero-order valence-corrected chi connectivity index (χ0v) is 19.1. The van der Waals surface area contributed by atoms with E-state index in [0.29, 0.717) is 16.5 Å². The molecule has 0 aliphatic heterocycles. The molecule has 1 heterocycles. The molecule has 0 bridgehead atoms. The molecular weight excluding hydrogens is 452 g/mol. The summed E-state index contributed by atoms with van der Waals surface area (Å²) in [5.41, 5.74) is 2.93. The van der Waals surface area contributed by atoms with Gasteiger partial charge in [0.25, 0.3) is 0 Å². The van der Waals surface area contributed by atoms with Crippen LogP contribution in [0.3, 0.4) is 0 Å².